The molecular formula is C22H24N4O11S6. The van der Waals surface area contributed by atoms with Crippen molar-refractivity contribution in [1.29, 1.82) is 0 Å². The zero-order chi connectivity index (χ0) is 32.2. The van der Waals surface area contributed by atoms with Gasteiger partial charge in [-0.25, -0.2) is 0 Å². The largest absolute Gasteiger partial charge is 0.317 e. The molecule has 4 rings (SSSR count). The van der Waals surface area contributed by atoms with Gasteiger partial charge in [0.2, 0.25) is 0 Å². The molecular weight excluding hydrogens is 689 g/mol. The van der Waals surface area contributed by atoms with E-state index in [1.807, 2.05) is 19.9 Å². The molecule has 1 saturated heterocycles. The van der Waals surface area contributed by atoms with Crippen LogP contribution >= 0.6 is 35.3 Å². The molecule has 0 atom stereocenters. The zero-order valence-electron chi connectivity index (χ0n) is 22.5. The van der Waals surface area contributed by atoms with Gasteiger partial charge in [0, 0.05) is 11.4 Å². The van der Waals surface area contributed by atoms with E-state index in [1.165, 1.54) is 17.1 Å². The van der Waals surface area contributed by atoms with Crippen LogP contribution < -0.4 is 19.7 Å². The highest BCUT2D eigenvalue weighted by atomic mass is 32.2. The Kier molecular flexibility index (Phi) is 9.06. The molecule has 1 fully saturated rings. The van der Waals surface area contributed by atoms with Crippen LogP contribution in [0.25, 0.3) is 11.8 Å². The second-order valence-electron chi connectivity index (χ2n) is 9.35. The SMILES string of the molecule is CCN1C(=S)N(CS(=O)(=O)O)C(=O)/C1=c1/s/c(=C\C=C2\Sc3cc(C)c(C)cc3N2CS(=O)(=O)O)c(=O)n1CS(=O)(=O)O. The summed E-state index contributed by atoms with van der Waals surface area (Å²) in [4.78, 5) is 30.4. The number of nitrogens with zero attached hydrogens (tertiary/aromatic N) is 4. The number of anilines is 1. The molecule has 1 aromatic carbocycles. The van der Waals surface area contributed by atoms with Crippen LogP contribution in [0, 0.1) is 13.8 Å². The van der Waals surface area contributed by atoms with Gasteiger partial charge in [-0.15, -0.1) is 11.3 Å². The average molecular weight is 713 g/mol. The summed E-state index contributed by atoms with van der Waals surface area (Å²) in [5, 5.41) is -0.0211. The lowest BCUT2D eigenvalue weighted by molar-refractivity contribution is -0.120. The quantitative estimate of drug-likeness (QED) is 0.240. The summed E-state index contributed by atoms with van der Waals surface area (Å²) in [6, 6.07) is 3.58. The van der Waals surface area contributed by atoms with E-state index >= 15 is 0 Å². The zero-order valence-corrected chi connectivity index (χ0v) is 27.4. The number of thiazole rings is 1. The Labute approximate surface area is 259 Å². The van der Waals surface area contributed by atoms with Crippen molar-refractivity contribution >= 4 is 94.2 Å². The molecule has 0 bridgehead atoms. The molecule has 21 heteroatoms. The molecule has 1 amide bonds. The van der Waals surface area contributed by atoms with Crippen molar-refractivity contribution in [3.05, 3.63) is 53.9 Å². The Morgan fingerprint density at radius 1 is 0.837 bits per heavy atom. The Balaban J connectivity index is 1.96. The van der Waals surface area contributed by atoms with Gasteiger partial charge in [0.05, 0.1) is 15.2 Å². The molecule has 0 saturated carbocycles. The first-order valence-corrected chi connectivity index (χ1v) is 18.8. The summed E-state index contributed by atoms with van der Waals surface area (Å²) in [6.45, 7) is 5.23. The number of carbonyl (C=O) groups is 1. The lowest BCUT2D eigenvalue weighted by Crippen LogP contribution is -2.37. The number of thiocarbonyl (C=S) groups is 1. The summed E-state index contributed by atoms with van der Waals surface area (Å²) >= 11 is 6.99. The van der Waals surface area contributed by atoms with E-state index in [-0.39, 0.29) is 26.5 Å². The van der Waals surface area contributed by atoms with Crippen LogP contribution in [0.5, 0.6) is 0 Å². The number of aromatic nitrogens is 1. The van der Waals surface area contributed by atoms with E-state index in [0.29, 0.717) is 36.4 Å². The van der Waals surface area contributed by atoms with Gasteiger partial charge in [0.15, 0.2) is 22.7 Å². The Bertz CT molecular complexity index is 2100. The Morgan fingerprint density at radius 3 is 1.95 bits per heavy atom. The van der Waals surface area contributed by atoms with Gasteiger partial charge >= 0.3 is 0 Å². The van der Waals surface area contributed by atoms with E-state index in [0.717, 1.165) is 27.8 Å². The van der Waals surface area contributed by atoms with Crippen molar-refractivity contribution in [1.82, 2.24) is 14.4 Å². The summed E-state index contributed by atoms with van der Waals surface area (Å²) in [5.41, 5.74) is 0.994. The highest BCUT2D eigenvalue weighted by Gasteiger charge is 2.41. The molecule has 3 heterocycles. The predicted molar refractivity (Wildman–Crippen MR) is 164 cm³/mol. The molecule has 234 valence electrons. The third kappa shape index (κ3) is 7.20. The smallest absolute Gasteiger partial charge is 0.283 e. The Hall–Kier alpha value is -2.63. The number of thioether (sulfide) groups is 1. The monoisotopic (exact) mass is 712 g/mol. The fourth-order valence-electron chi connectivity index (χ4n) is 4.26. The molecule has 1 aromatic heterocycles. The minimum atomic E-state index is -4.83. The fraction of sp³-hybridized carbons (Fsp3) is 0.318. The molecule has 0 aliphatic carbocycles. The fourth-order valence-corrected chi connectivity index (χ4v) is 8.85. The van der Waals surface area contributed by atoms with Crippen molar-refractivity contribution in [3.63, 3.8) is 0 Å². The van der Waals surface area contributed by atoms with Crippen molar-refractivity contribution in [2.75, 3.05) is 23.2 Å². The number of aryl methyl sites for hydroxylation is 2. The highest BCUT2D eigenvalue weighted by Crippen LogP contribution is 2.47. The first kappa shape index (κ1) is 33.3. The maximum atomic E-state index is 13.4. The molecule has 3 N–H and O–H groups in total. The van der Waals surface area contributed by atoms with E-state index in [9.17, 15) is 48.5 Å². The second-order valence-corrected chi connectivity index (χ2v) is 16.1. The van der Waals surface area contributed by atoms with Gasteiger partial charge < -0.3 is 9.80 Å². The lowest BCUT2D eigenvalue weighted by Gasteiger charge is -2.18. The first-order chi connectivity index (χ1) is 19.7. The van der Waals surface area contributed by atoms with E-state index < -0.39 is 59.5 Å². The minimum absolute atomic E-state index is 0.0126. The van der Waals surface area contributed by atoms with Gasteiger partial charge in [0.1, 0.15) is 10.4 Å². The number of amides is 1. The predicted octanol–water partition coefficient (Wildman–Crippen LogP) is -0.146. The minimum Gasteiger partial charge on any atom is -0.317 e. The number of likely N-dealkylation sites (N-methyl/N-ethyl adjacent to an activating group) is 1. The highest BCUT2D eigenvalue weighted by molar-refractivity contribution is 8.03. The number of carbonyl (C=O) groups excluding carboxylic acids is 1. The number of fused-ring (bicyclic) bond motifs is 1. The molecule has 2 aliphatic heterocycles. The molecule has 15 nitrogen and oxygen atoms in total. The molecule has 2 aliphatic rings. The second kappa shape index (κ2) is 11.7. The van der Waals surface area contributed by atoms with Gasteiger partial charge in [-0.3, -0.25) is 32.7 Å². The summed E-state index contributed by atoms with van der Waals surface area (Å²) in [6.07, 6.45) is 2.63. The van der Waals surface area contributed by atoms with Gasteiger partial charge in [-0.05, 0) is 68.4 Å². The van der Waals surface area contributed by atoms with Gasteiger partial charge in [-0.1, -0.05) is 11.8 Å². The normalized spacial score (nSPS) is 18.9. The van der Waals surface area contributed by atoms with Crippen molar-refractivity contribution in [2.45, 2.75) is 31.5 Å². The molecule has 2 aromatic rings. The standard InChI is InChI=1S/C22H24N4O11S6/c1-4-23-18(20(28)26(22(23)38)11-43(35,36)37)21-25(10-42(32,33)34)19(27)15(40-21)5-6-17-24(9-41(29,30)31)14-7-12(2)13(3)8-16(14)39-17/h5-8H,4,9-11H2,1-3H3,(H,29,30,31)(H,32,33,34)(H,35,36,37)/b15-5-,17-6+,21-18-. The van der Waals surface area contributed by atoms with Crippen LogP contribution in [0.4, 0.5) is 5.69 Å². The van der Waals surface area contributed by atoms with Crippen molar-refractivity contribution in [2.24, 2.45) is 0 Å². The number of hydrogen-bond donors (Lipinski definition) is 3. The van der Waals surface area contributed by atoms with Crippen LogP contribution in [0.2, 0.25) is 0 Å². The van der Waals surface area contributed by atoms with Crippen molar-refractivity contribution in [3.8, 4) is 0 Å². The molecule has 0 spiro atoms. The Morgan fingerprint density at radius 2 is 1.40 bits per heavy atom. The van der Waals surface area contributed by atoms with Crippen LogP contribution in [-0.2, 0) is 41.0 Å². The molecule has 0 unspecified atom stereocenters. The maximum absolute atomic E-state index is 13.4. The first-order valence-electron chi connectivity index (χ1n) is 11.9. The third-order valence-corrected chi connectivity index (χ3v) is 10.7. The van der Waals surface area contributed by atoms with Crippen LogP contribution in [0.3, 0.4) is 0 Å². The lowest BCUT2D eigenvalue weighted by atomic mass is 10.1. The summed E-state index contributed by atoms with van der Waals surface area (Å²) < 4.78 is 98.9. The summed E-state index contributed by atoms with van der Waals surface area (Å²) in [5.74, 6) is -4.28. The van der Waals surface area contributed by atoms with Crippen LogP contribution in [-0.4, -0.2) is 82.6 Å². The van der Waals surface area contributed by atoms with Crippen LogP contribution in [0.15, 0.2) is 32.9 Å². The topological polar surface area (TPSA) is 212 Å². The number of allylic oxidation sites excluding steroid dienone is 1. The van der Waals surface area contributed by atoms with Crippen molar-refractivity contribution < 1.29 is 43.7 Å². The maximum Gasteiger partial charge on any atom is 0.283 e. The van der Waals surface area contributed by atoms with E-state index in [2.05, 4.69) is 0 Å². The number of hydrogen-bond acceptors (Lipinski definition) is 12. The average Bonchev–Trinajstić information content (AvgIpc) is 3.40. The number of benzene rings is 1. The van der Waals surface area contributed by atoms with Gasteiger partial charge in [-0.2, -0.15) is 25.3 Å². The summed E-state index contributed by atoms with van der Waals surface area (Å²) in [7, 11) is -14.0. The third-order valence-electron chi connectivity index (χ3n) is 6.21. The van der Waals surface area contributed by atoms with Crippen LogP contribution in [0.1, 0.15) is 18.1 Å². The molecule has 43 heavy (non-hydrogen) atoms. The number of rotatable bonds is 8. The van der Waals surface area contributed by atoms with E-state index in [4.69, 9.17) is 12.2 Å². The molecule has 0 radical (unpaired) electrons. The van der Waals surface area contributed by atoms with E-state index in [1.54, 1.807) is 13.0 Å². The van der Waals surface area contributed by atoms with Gasteiger partial charge in [0.25, 0.3) is 41.8 Å².